The minimum absolute atomic E-state index is 0.267. The SMILES string of the molecule is O=C(O)c1ccc(Oc2ccc(C34CCC(CC3)C4)cc2)cc1. The molecule has 0 heterocycles. The fourth-order valence-corrected chi connectivity index (χ4v) is 4.28. The molecule has 0 atom stereocenters. The van der Waals surface area contributed by atoms with E-state index >= 15 is 0 Å². The van der Waals surface area contributed by atoms with E-state index in [0.717, 1.165) is 11.7 Å². The van der Waals surface area contributed by atoms with Gasteiger partial charge in [-0.25, -0.2) is 4.79 Å². The number of ether oxygens (including phenoxy) is 1. The van der Waals surface area contributed by atoms with Gasteiger partial charge < -0.3 is 9.84 Å². The molecule has 2 bridgehead atoms. The van der Waals surface area contributed by atoms with Gasteiger partial charge in [0.2, 0.25) is 0 Å². The molecule has 2 saturated carbocycles. The lowest BCUT2D eigenvalue weighted by molar-refractivity contribution is 0.0697. The number of carboxylic acid groups (broad SMARTS) is 1. The summed E-state index contributed by atoms with van der Waals surface area (Å²) in [5.74, 6) is 1.47. The highest BCUT2D eigenvalue weighted by molar-refractivity contribution is 5.87. The maximum atomic E-state index is 10.9. The molecule has 0 saturated heterocycles. The highest BCUT2D eigenvalue weighted by Gasteiger charge is 2.45. The van der Waals surface area contributed by atoms with Crippen LogP contribution in [0.3, 0.4) is 0 Å². The molecule has 1 N–H and O–H groups in total. The van der Waals surface area contributed by atoms with Gasteiger partial charge in [-0.05, 0) is 85.4 Å². The molecule has 0 aromatic heterocycles. The number of carboxylic acids is 1. The summed E-state index contributed by atoms with van der Waals surface area (Å²) in [6.45, 7) is 0. The van der Waals surface area contributed by atoms with Gasteiger partial charge in [0.1, 0.15) is 11.5 Å². The number of fused-ring (bicyclic) bond motifs is 2. The van der Waals surface area contributed by atoms with E-state index in [1.54, 1.807) is 24.3 Å². The van der Waals surface area contributed by atoms with Gasteiger partial charge >= 0.3 is 5.97 Å². The van der Waals surface area contributed by atoms with Gasteiger partial charge in [0.05, 0.1) is 5.56 Å². The first kappa shape index (κ1) is 14.3. The molecule has 2 aliphatic carbocycles. The van der Waals surface area contributed by atoms with Crippen LogP contribution in [0.4, 0.5) is 0 Å². The third kappa shape index (κ3) is 2.61. The van der Waals surface area contributed by atoms with Crippen molar-refractivity contribution in [2.75, 3.05) is 0 Å². The third-order valence-electron chi connectivity index (χ3n) is 5.55. The number of hydrogen-bond acceptors (Lipinski definition) is 2. The van der Waals surface area contributed by atoms with E-state index in [9.17, 15) is 4.79 Å². The Balaban J connectivity index is 1.49. The summed E-state index contributed by atoms with van der Waals surface area (Å²) in [5.41, 5.74) is 2.14. The van der Waals surface area contributed by atoms with Crippen molar-refractivity contribution in [3.63, 3.8) is 0 Å². The van der Waals surface area contributed by atoms with Crippen molar-refractivity contribution < 1.29 is 14.6 Å². The van der Waals surface area contributed by atoms with Gasteiger partial charge in [-0.2, -0.15) is 0 Å². The number of hydrogen-bond donors (Lipinski definition) is 1. The van der Waals surface area contributed by atoms with Crippen molar-refractivity contribution in [2.24, 2.45) is 5.92 Å². The quantitative estimate of drug-likeness (QED) is 0.863. The van der Waals surface area contributed by atoms with E-state index in [1.165, 1.54) is 37.7 Å². The molecule has 3 nitrogen and oxygen atoms in total. The minimum Gasteiger partial charge on any atom is -0.478 e. The Morgan fingerprint density at radius 2 is 1.52 bits per heavy atom. The lowest BCUT2D eigenvalue weighted by Crippen LogP contribution is -2.19. The molecule has 2 fully saturated rings. The van der Waals surface area contributed by atoms with Crippen LogP contribution in [0.2, 0.25) is 0 Å². The molecule has 2 aromatic rings. The van der Waals surface area contributed by atoms with E-state index in [1.807, 2.05) is 12.1 Å². The summed E-state index contributed by atoms with van der Waals surface area (Å²) in [6, 6.07) is 15.0. The molecule has 23 heavy (non-hydrogen) atoms. The Hall–Kier alpha value is -2.29. The fourth-order valence-electron chi connectivity index (χ4n) is 4.28. The Labute approximate surface area is 135 Å². The Kier molecular flexibility index (Phi) is 3.37. The fraction of sp³-hybridized carbons (Fsp3) is 0.350. The number of benzene rings is 2. The molecular weight excluding hydrogens is 288 g/mol. The van der Waals surface area contributed by atoms with Gasteiger partial charge in [-0.15, -0.1) is 0 Å². The van der Waals surface area contributed by atoms with Crippen LogP contribution in [0.15, 0.2) is 48.5 Å². The molecule has 0 amide bonds. The summed E-state index contributed by atoms with van der Waals surface area (Å²) >= 11 is 0. The average Bonchev–Trinajstić information content (AvgIpc) is 3.18. The largest absolute Gasteiger partial charge is 0.478 e. The standard InChI is InChI=1S/C20H20O3/c21-19(22)15-1-5-17(6-2-15)23-18-7-3-16(4-8-18)20-11-9-14(13-20)10-12-20/h1-8,14H,9-13H2,(H,21,22). The summed E-state index contributed by atoms with van der Waals surface area (Å²) in [4.78, 5) is 10.9. The zero-order valence-corrected chi connectivity index (χ0v) is 13.0. The number of rotatable bonds is 4. The summed E-state index contributed by atoms with van der Waals surface area (Å²) in [6.07, 6.45) is 6.77. The second-order valence-electron chi connectivity index (χ2n) is 6.88. The Morgan fingerprint density at radius 1 is 0.957 bits per heavy atom. The van der Waals surface area contributed by atoms with Crippen molar-refractivity contribution in [1.82, 2.24) is 0 Å². The van der Waals surface area contributed by atoms with Crippen LogP contribution in [0, 0.1) is 5.92 Å². The first-order chi connectivity index (χ1) is 11.1. The average molecular weight is 308 g/mol. The van der Waals surface area contributed by atoms with E-state index in [2.05, 4.69) is 12.1 Å². The molecule has 2 aliphatic rings. The summed E-state index contributed by atoms with van der Waals surface area (Å²) in [7, 11) is 0. The van der Waals surface area contributed by atoms with Crippen molar-refractivity contribution in [2.45, 2.75) is 37.5 Å². The Bertz CT molecular complexity index is 708. The van der Waals surface area contributed by atoms with Crippen molar-refractivity contribution in [3.8, 4) is 11.5 Å². The van der Waals surface area contributed by atoms with Crippen molar-refractivity contribution in [1.29, 1.82) is 0 Å². The van der Waals surface area contributed by atoms with E-state index in [4.69, 9.17) is 9.84 Å². The predicted octanol–water partition coefficient (Wildman–Crippen LogP) is 5.01. The van der Waals surface area contributed by atoms with Crippen LogP contribution < -0.4 is 4.74 Å². The van der Waals surface area contributed by atoms with E-state index in [-0.39, 0.29) is 5.56 Å². The van der Waals surface area contributed by atoms with Gasteiger partial charge in [0.15, 0.2) is 0 Å². The zero-order valence-electron chi connectivity index (χ0n) is 13.0. The van der Waals surface area contributed by atoms with Crippen LogP contribution in [-0.4, -0.2) is 11.1 Å². The Morgan fingerprint density at radius 3 is 2.00 bits per heavy atom. The molecule has 0 radical (unpaired) electrons. The van der Waals surface area contributed by atoms with Gasteiger partial charge in [0.25, 0.3) is 0 Å². The summed E-state index contributed by atoms with van der Waals surface area (Å²) in [5, 5.41) is 8.91. The van der Waals surface area contributed by atoms with Gasteiger partial charge in [-0.3, -0.25) is 0 Å². The van der Waals surface area contributed by atoms with Crippen LogP contribution >= 0.6 is 0 Å². The topological polar surface area (TPSA) is 46.5 Å². The van der Waals surface area contributed by atoms with Crippen molar-refractivity contribution >= 4 is 5.97 Å². The van der Waals surface area contributed by atoms with Gasteiger partial charge in [0, 0.05) is 0 Å². The van der Waals surface area contributed by atoms with Crippen LogP contribution in [0.1, 0.15) is 48.0 Å². The number of aromatic carboxylic acids is 1. The lowest BCUT2D eigenvalue weighted by atomic mass is 9.78. The van der Waals surface area contributed by atoms with Crippen LogP contribution in [0.5, 0.6) is 11.5 Å². The normalized spacial score (nSPS) is 25.5. The first-order valence-electron chi connectivity index (χ1n) is 8.26. The molecule has 0 aliphatic heterocycles. The third-order valence-corrected chi connectivity index (χ3v) is 5.55. The molecule has 2 aromatic carbocycles. The first-order valence-corrected chi connectivity index (χ1v) is 8.26. The van der Waals surface area contributed by atoms with Gasteiger partial charge in [-0.1, -0.05) is 12.1 Å². The highest BCUT2D eigenvalue weighted by atomic mass is 16.5. The zero-order chi connectivity index (χ0) is 15.9. The minimum atomic E-state index is -0.924. The van der Waals surface area contributed by atoms with E-state index in [0.29, 0.717) is 11.2 Å². The second-order valence-corrected chi connectivity index (χ2v) is 6.88. The van der Waals surface area contributed by atoms with Crippen LogP contribution in [-0.2, 0) is 5.41 Å². The van der Waals surface area contributed by atoms with Crippen molar-refractivity contribution in [3.05, 3.63) is 59.7 Å². The maximum absolute atomic E-state index is 10.9. The smallest absolute Gasteiger partial charge is 0.335 e. The molecule has 118 valence electrons. The number of carbonyl (C=O) groups is 1. The van der Waals surface area contributed by atoms with Crippen LogP contribution in [0.25, 0.3) is 0 Å². The van der Waals surface area contributed by atoms with E-state index < -0.39 is 5.97 Å². The molecule has 0 spiro atoms. The molecule has 3 heteroatoms. The lowest BCUT2D eigenvalue weighted by Gasteiger charge is -2.27. The molecule has 4 rings (SSSR count). The highest BCUT2D eigenvalue weighted by Crippen LogP contribution is 2.55. The maximum Gasteiger partial charge on any atom is 0.335 e. The molecule has 0 unspecified atom stereocenters. The molecular formula is C20H20O3. The summed E-state index contributed by atoms with van der Waals surface area (Å²) < 4.78 is 5.81. The monoisotopic (exact) mass is 308 g/mol. The predicted molar refractivity (Wildman–Crippen MR) is 88.2 cm³/mol. The second kappa shape index (κ2) is 5.41.